The van der Waals surface area contributed by atoms with Crippen molar-refractivity contribution in [1.29, 1.82) is 0 Å². The first-order chi connectivity index (χ1) is 14.6. The number of aromatic amines is 1. The topological polar surface area (TPSA) is 95.1 Å². The van der Waals surface area contributed by atoms with Crippen molar-refractivity contribution in [3.63, 3.8) is 0 Å². The zero-order chi connectivity index (χ0) is 20.7. The molecule has 8 nitrogen and oxygen atoms in total. The number of hydrogen-bond donors (Lipinski definition) is 1. The summed E-state index contributed by atoms with van der Waals surface area (Å²) in [6.45, 7) is 3.54. The normalized spacial score (nSPS) is 18.7. The van der Waals surface area contributed by atoms with E-state index in [4.69, 9.17) is 0 Å². The molecule has 4 heterocycles. The van der Waals surface area contributed by atoms with Crippen LogP contribution in [0, 0.1) is 12.8 Å². The molecule has 3 aromatic rings. The average Bonchev–Trinajstić information content (AvgIpc) is 3.47. The van der Waals surface area contributed by atoms with Gasteiger partial charge in [0.25, 0.3) is 0 Å². The van der Waals surface area contributed by atoms with E-state index in [-0.39, 0.29) is 24.2 Å². The van der Waals surface area contributed by atoms with Gasteiger partial charge in [-0.15, -0.1) is 10.2 Å². The van der Waals surface area contributed by atoms with Gasteiger partial charge < -0.3 is 4.90 Å². The van der Waals surface area contributed by atoms with E-state index in [1.54, 1.807) is 4.90 Å². The van der Waals surface area contributed by atoms with Crippen LogP contribution in [0.15, 0.2) is 30.3 Å². The summed E-state index contributed by atoms with van der Waals surface area (Å²) < 4.78 is 0. The summed E-state index contributed by atoms with van der Waals surface area (Å²) in [5.74, 6) is -0.369. The van der Waals surface area contributed by atoms with E-state index in [1.165, 1.54) is 11.3 Å². The molecule has 2 aliphatic heterocycles. The van der Waals surface area contributed by atoms with Crippen LogP contribution in [-0.4, -0.2) is 50.2 Å². The number of aromatic nitrogens is 4. The zero-order valence-electron chi connectivity index (χ0n) is 16.7. The van der Waals surface area contributed by atoms with Crippen molar-refractivity contribution in [2.75, 3.05) is 18.0 Å². The summed E-state index contributed by atoms with van der Waals surface area (Å²) >= 11 is 1.42. The van der Waals surface area contributed by atoms with Gasteiger partial charge in [-0.05, 0) is 12.5 Å². The lowest BCUT2D eigenvalue weighted by molar-refractivity contribution is -0.136. The van der Waals surface area contributed by atoms with Gasteiger partial charge in [-0.2, -0.15) is 5.10 Å². The molecule has 2 aromatic heterocycles. The van der Waals surface area contributed by atoms with Crippen molar-refractivity contribution in [3.05, 3.63) is 57.9 Å². The van der Waals surface area contributed by atoms with Crippen molar-refractivity contribution in [3.8, 4) is 0 Å². The highest BCUT2D eigenvalue weighted by Gasteiger charge is 2.39. The molecule has 1 fully saturated rings. The largest absolute Gasteiger partial charge is 0.338 e. The van der Waals surface area contributed by atoms with E-state index in [2.05, 4.69) is 20.4 Å². The van der Waals surface area contributed by atoms with Crippen LogP contribution in [0.5, 0.6) is 0 Å². The molecule has 1 saturated heterocycles. The van der Waals surface area contributed by atoms with E-state index in [1.807, 2.05) is 42.2 Å². The Labute approximate surface area is 177 Å². The Kier molecular flexibility index (Phi) is 4.82. The Bertz CT molecular complexity index is 1090. The second-order valence-corrected chi connectivity index (χ2v) is 8.87. The van der Waals surface area contributed by atoms with Crippen LogP contribution in [0.1, 0.15) is 33.9 Å². The summed E-state index contributed by atoms with van der Waals surface area (Å²) in [6.07, 6.45) is 1.65. The molecule has 1 unspecified atom stereocenters. The Morgan fingerprint density at radius 2 is 2.10 bits per heavy atom. The van der Waals surface area contributed by atoms with Crippen LogP contribution in [0.25, 0.3) is 0 Å². The molecular weight excluding hydrogens is 400 g/mol. The fourth-order valence-corrected chi connectivity index (χ4v) is 5.03. The SMILES string of the molecule is Cc1[nH]nc2c1CN(C(=O)C1CC(=O)N(c3nnc(Cc4ccccc4)s3)C1)CC2. The number of rotatable bonds is 4. The molecule has 154 valence electrons. The van der Waals surface area contributed by atoms with Gasteiger partial charge in [0.15, 0.2) is 0 Å². The summed E-state index contributed by atoms with van der Waals surface area (Å²) in [5, 5.41) is 17.2. The minimum atomic E-state index is -0.340. The van der Waals surface area contributed by atoms with Gasteiger partial charge in [-0.1, -0.05) is 41.7 Å². The van der Waals surface area contributed by atoms with E-state index < -0.39 is 0 Å². The molecule has 9 heteroatoms. The molecule has 2 aliphatic rings. The van der Waals surface area contributed by atoms with E-state index in [9.17, 15) is 9.59 Å². The number of hydrogen-bond acceptors (Lipinski definition) is 6. The quantitative estimate of drug-likeness (QED) is 0.695. The number of carbonyl (C=O) groups is 2. The third-order valence-corrected chi connectivity index (χ3v) is 6.74. The van der Waals surface area contributed by atoms with E-state index in [0.717, 1.165) is 33.9 Å². The van der Waals surface area contributed by atoms with Gasteiger partial charge in [-0.25, -0.2) is 0 Å². The van der Waals surface area contributed by atoms with Crippen LogP contribution in [-0.2, 0) is 29.0 Å². The molecule has 1 atom stereocenters. The predicted molar refractivity (Wildman–Crippen MR) is 112 cm³/mol. The van der Waals surface area contributed by atoms with Crippen molar-refractivity contribution in [1.82, 2.24) is 25.3 Å². The van der Waals surface area contributed by atoms with Crippen molar-refractivity contribution in [2.45, 2.75) is 32.7 Å². The molecule has 0 saturated carbocycles. The molecule has 0 aliphatic carbocycles. The van der Waals surface area contributed by atoms with Crippen molar-refractivity contribution in [2.24, 2.45) is 5.92 Å². The maximum absolute atomic E-state index is 13.1. The Morgan fingerprint density at radius 3 is 2.93 bits per heavy atom. The number of anilines is 1. The zero-order valence-corrected chi connectivity index (χ0v) is 17.5. The number of nitrogens with one attached hydrogen (secondary N) is 1. The van der Waals surface area contributed by atoms with Crippen LogP contribution in [0.3, 0.4) is 0 Å². The second kappa shape index (κ2) is 7.64. The molecule has 0 spiro atoms. The summed E-state index contributed by atoms with van der Waals surface area (Å²) in [6, 6.07) is 10.1. The minimum Gasteiger partial charge on any atom is -0.338 e. The molecule has 2 amide bonds. The number of H-pyrrole nitrogens is 1. The highest BCUT2D eigenvalue weighted by molar-refractivity contribution is 7.15. The fourth-order valence-electron chi connectivity index (χ4n) is 4.13. The first-order valence-corrected chi connectivity index (χ1v) is 10.9. The van der Waals surface area contributed by atoms with Crippen molar-refractivity contribution < 1.29 is 9.59 Å². The molecule has 0 bridgehead atoms. The summed E-state index contributed by atoms with van der Waals surface area (Å²) in [4.78, 5) is 29.2. The summed E-state index contributed by atoms with van der Waals surface area (Å²) in [5.41, 5.74) is 4.30. The standard InChI is InChI=1S/C21H22N6O2S/c1-13-16-12-26(8-7-17(16)23-22-13)20(29)15-10-19(28)27(11-15)21-25-24-18(30-21)9-14-5-3-2-4-6-14/h2-6,15H,7-12H2,1H3,(H,22,23). The summed E-state index contributed by atoms with van der Waals surface area (Å²) in [7, 11) is 0. The molecule has 1 N–H and O–H groups in total. The maximum atomic E-state index is 13.1. The van der Waals surface area contributed by atoms with Gasteiger partial charge in [0.1, 0.15) is 5.01 Å². The maximum Gasteiger partial charge on any atom is 0.229 e. The predicted octanol–water partition coefficient (Wildman–Crippen LogP) is 2.10. The van der Waals surface area contributed by atoms with Gasteiger partial charge in [0.2, 0.25) is 16.9 Å². The minimum absolute atomic E-state index is 0.0334. The first-order valence-electron chi connectivity index (χ1n) is 10.1. The van der Waals surface area contributed by atoms with Gasteiger partial charge in [0, 0.05) is 50.2 Å². The number of nitrogens with zero attached hydrogens (tertiary/aromatic N) is 5. The van der Waals surface area contributed by atoms with Gasteiger partial charge in [0.05, 0.1) is 11.6 Å². The molecule has 1 aromatic carbocycles. The number of benzene rings is 1. The number of amides is 2. The van der Waals surface area contributed by atoms with E-state index >= 15 is 0 Å². The highest BCUT2D eigenvalue weighted by Crippen LogP contribution is 2.31. The lowest BCUT2D eigenvalue weighted by atomic mass is 10.0. The Balaban J connectivity index is 1.26. The molecular formula is C21H22N6O2S. The third-order valence-electron chi connectivity index (χ3n) is 5.80. The van der Waals surface area contributed by atoms with Gasteiger partial charge >= 0.3 is 0 Å². The average molecular weight is 423 g/mol. The molecule has 5 rings (SSSR count). The second-order valence-electron chi connectivity index (χ2n) is 7.83. The lowest BCUT2D eigenvalue weighted by Gasteiger charge is -2.29. The Morgan fingerprint density at radius 1 is 1.27 bits per heavy atom. The number of fused-ring (bicyclic) bond motifs is 1. The molecule has 30 heavy (non-hydrogen) atoms. The number of carbonyl (C=O) groups excluding carboxylic acids is 2. The monoisotopic (exact) mass is 422 g/mol. The van der Waals surface area contributed by atoms with Crippen LogP contribution in [0.2, 0.25) is 0 Å². The molecule has 0 radical (unpaired) electrons. The highest BCUT2D eigenvalue weighted by atomic mass is 32.1. The first kappa shape index (κ1) is 18.9. The van der Waals surface area contributed by atoms with E-state index in [0.29, 0.717) is 31.2 Å². The van der Waals surface area contributed by atoms with Crippen LogP contribution >= 0.6 is 11.3 Å². The van der Waals surface area contributed by atoms with Crippen LogP contribution in [0.4, 0.5) is 5.13 Å². The smallest absolute Gasteiger partial charge is 0.229 e. The lowest BCUT2D eigenvalue weighted by Crippen LogP contribution is -2.40. The Hall–Kier alpha value is -3.07. The van der Waals surface area contributed by atoms with Crippen molar-refractivity contribution >= 4 is 28.3 Å². The number of aryl methyl sites for hydroxylation is 1. The fraction of sp³-hybridized carbons (Fsp3) is 0.381. The third kappa shape index (κ3) is 3.49. The van der Waals surface area contributed by atoms with Gasteiger partial charge in [-0.3, -0.25) is 19.6 Å². The van der Waals surface area contributed by atoms with Crippen LogP contribution < -0.4 is 4.90 Å².